The van der Waals surface area contributed by atoms with E-state index < -0.39 is 0 Å². The lowest BCUT2D eigenvalue weighted by atomic mass is 9.73. The predicted octanol–water partition coefficient (Wildman–Crippen LogP) is 16.2. The molecule has 0 atom stereocenters. The molecule has 0 fully saturated rings. The van der Waals surface area contributed by atoms with E-state index in [-0.39, 0.29) is 10.8 Å². The second-order valence-electron chi connectivity index (χ2n) is 16.6. The van der Waals surface area contributed by atoms with Crippen LogP contribution in [-0.2, 0) is 10.8 Å². The van der Waals surface area contributed by atoms with E-state index in [4.69, 9.17) is 11.6 Å². The average Bonchev–Trinajstić information content (AvgIpc) is 3.64. The Morgan fingerprint density at radius 2 is 1.14 bits per heavy atom. The van der Waals surface area contributed by atoms with Crippen molar-refractivity contribution in [2.45, 2.75) is 52.4 Å². The zero-order valence-electron chi connectivity index (χ0n) is 33.3. The van der Waals surface area contributed by atoms with Crippen molar-refractivity contribution >= 4 is 84.2 Å². The third kappa shape index (κ3) is 6.47. The zero-order valence-corrected chi connectivity index (χ0v) is 34.9. The molecule has 2 heterocycles. The summed E-state index contributed by atoms with van der Waals surface area (Å²) in [6.45, 7) is 13.7. The maximum absolute atomic E-state index is 7.88. The third-order valence-electron chi connectivity index (χ3n) is 11.3. The summed E-state index contributed by atoms with van der Waals surface area (Å²) in [6, 6.07) is 59.0. The number of nitrogens with zero attached hydrogens (tertiary/aromatic N) is 3. The SMILES string of the molecule is Cc1cc(N(c2ccccc2)c2ccc3c(c2)N(c2ccccc2)c2ccccc2C3(C)C)c(Cl)c(N(c2ccccc2)c2csc3ccc(C(C)(C)C)cc23)c1. The van der Waals surface area contributed by atoms with Gasteiger partial charge in [0.2, 0.25) is 0 Å². The van der Waals surface area contributed by atoms with Crippen LogP contribution in [0.3, 0.4) is 0 Å². The lowest BCUT2D eigenvalue weighted by Crippen LogP contribution is -2.30. The molecule has 0 spiro atoms. The molecule has 282 valence electrons. The molecule has 7 aromatic carbocycles. The van der Waals surface area contributed by atoms with E-state index in [9.17, 15) is 0 Å². The Morgan fingerprint density at radius 3 is 1.81 bits per heavy atom. The summed E-state index contributed by atoms with van der Waals surface area (Å²) >= 11 is 9.65. The highest BCUT2D eigenvalue weighted by atomic mass is 35.5. The molecular formula is C52H46ClN3S. The molecular weight excluding hydrogens is 734 g/mol. The minimum absolute atomic E-state index is 0.0115. The van der Waals surface area contributed by atoms with Gasteiger partial charge in [-0.3, -0.25) is 0 Å². The maximum Gasteiger partial charge on any atom is 0.0887 e. The lowest BCUT2D eigenvalue weighted by Gasteiger charge is -2.42. The number of thiophene rings is 1. The van der Waals surface area contributed by atoms with E-state index in [1.807, 2.05) is 0 Å². The van der Waals surface area contributed by atoms with Crippen LogP contribution in [0.4, 0.5) is 51.2 Å². The molecule has 0 aliphatic carbocycles. The Morgan fingerprint density at radius 1 is 0.561 bits per heavy atom. The molecule has 3 nitrogen and oxygen atoms in total. The van der Waals surface area contributed by atoms with Gasteiger partial charge < -0.3 is 14.7 Å². The van der Waals surface area contributed by atoms with Crippen LogP contribution in [0.5, 0.6) is 0 Å². The molecule has 9 rings (SSSR count). The van der Waals surface area contributed by atoms with E-state index >= 15 is 0 Å². The highest BCUT2D eigenvalue weighted by Gasteiger charge is 2.37. The van der Waals surface area contributed by atoms with Crippen LogP contribution in [0, 0.1) is 6.92 Å². The van der Waals surface area contributed by atoms with Crippen LogP contribution in [0.15, 0.2) is 169 Å². The van der Waals surface area contributed by atoms with Gasteiger partial charge in [0.15, 0.2) is 0 Å². The molecule has 0 unspecified atom stereocenters. The van der Waals surface area contributed by atoms with Crippen LogP contribution in [0.25, 0.3) is 10.1 Å². The van der Waals surface area contributed by atoms with E-state index in [1.165, 1.54) is 32.5 Å². The van der Waals surface area contributed by atoms with Gasteiger partial charge in [0.25, 0.3) is 0 Å². The van der Waals surface area contributed by atoms with Crippen molar-refractivity contribution in [1.82, 2.24) is 0 Å². The van der Waals surface area contributed by atoms with Crippen molar-refractivity contribution in [3.63, 3.8) is 0 Å². The molecule has 0 saturated heterocycles. The highest BCUT2D eigenvalue weighted by molar-refractivity contribution is 7.17. The number of benzene rings is 7. The lowest BCUT2D eigenvalue weighted by molar-refractivity contribution is 0.591. The van der Waals surface area contributed by atoms with Gasteiger partial charge in [0, 0.05) is 43.6 Å². The van der Waals surface area contributed by atoms with Gasteiger partial charge in [-0.05, 0) is 113 Å². The van der Waals surface area contributed by atoms with Crippen molar-refractivity contribution in [3.05, 3.63) is 196 Å². The van der Waals surface area contributed by atoms with Gasteiger partial charge in [0.05, 0.1) is 33.5 Å². The van der Waals surface area contributed by atoms with Gasteiger partial charge in [-0.1, -0.05) is 131 Å². The van der Waals surface area contributed by atoms with Crippen LogP contribution in [0.2, 0.25) is 5.02 Å². The summed E-state index contributed by atoms with van der Waals surface area (Å²) in [7, 11) is 0. The number of hydrogen-bond acceptors (Lipinski definition) is 4. The number of halogens is 1. The Bertz CT molecular complexity index is 2730. The molecule has 0 saturated carbocycles. The first-order valence-corrected chi connectivity index (χ1v) is 20.9. The summed E-state index contributed by atoms with van der Waals surface area (Å²) < 4.78 is 1.25. The van der Waals surface area contributed by atoms with E-state index in [0.29, 0.717) is 5.02 Å². The zero-order chi connectivity index (χ0) is 39.5. The first-order chi connectivity index (χ1) is 27.5. The average molecular weight is 780 g/mol. The van der Waals surface area contributed by atoms with Crippen molar-refractivity contribution in [2.75, 3.05) is 14.7 Å². The quantitative estimate of drug-likeness (QED) is 0.159. The van der Waals surface area contributed by atoms with Crippen molar-refractivity contribution in [2.24, 2.45) is 0 Å². The van der Waals surface area contributed by atoms with Gasteiger partial charge in [-0.15, -0.1) is 11.3 Å². The van der Waals surface area contributed by atoms with Crippen LogP contribution < -0.4 is 14.7 Å². The molecule has 0 bridgehead atoms. The normalized spacial score (nSPS) is 13.3. The number of aryl methyl sites for hydroxylation is 1. The van der Waals surface area contributed by atoms with Gasteiger partial charge in [-0.2, -0.15) is 0 Å². The summed E-state index contributed by atoms with van der Waals surface area (Å²) in [6.07, 6.45) is 0. The second-order valence-corrected chi connectivity index (χ2v) is 17.8. The Kier molecular flexibility index (Phi) is 9.23. The fourth-order valence-corrected chi connectivity index (χ4v) is 9.59. The predicted molar refractivity (Wildman–Crippen MR) is 246 cm³/mol. The minimum atomic E-state index is -0.214. The van der Waals surface area contributed by atoms with Crippen molar-refractivity contribution in [3.8, 4) is 0 Å². The van der Waals surface area contributed by atoms with Gasteiger partial charge >= 0.3 is 0 Å². The second kappa shape index (κ2) is 14.3. The first kappa shape index (κ1) is 36.8. The highest BCUT2D eigenvalue weighted by Crippen LogP contribution is 2.55. The first-order valence-electron chi connectivity index (χ1n) is 19.6. The summed E-state index contributed by atoms with van der Waals surface area (Å²) in [5.74, 6) is 0. The monoisotopic (exact) mass is 779 g/mol. The van der Waals surface area contributed by atoms with Crippen LogP contribution in [0.1, 0.15) is 56.9 Å². The Balaban J connectivity index is 1.27. The summed E-state index contributed by atoms with van der Waals surface area (Å²) in [4.78, 5) is 7.08. The Hall–Kier alpha value is -5.81. The summed E-state index contributed by atoms with van der Waals surface area (Å²) in [5.41, 5.74) is 14.3. The topological polar surface area (TPSA) is 9.72 Å². The maximum atomic E-state index is 7.88. The van der Waals surface area contributed by atoms with E-state index in [1.54, 1.807) is 11.3 Å². The number of rotatable bonds is 7. The molecule has 0 radical (unpaired) electrons. The smallest absolute Gasteiger partial charge is 0.0887 e. The molecule has 5 heteroatoms. The minimum Gasteiger partial charge on any atom is -0.310 e. The molecule has 0 amide bonds. The van der Waals surface area contributed by atoms with Crippen LogP contribution >= 0.6 is 22.9 Å². The van der Waals surface area contributed by atoms with Crippen molar-refractivity contribution in [1.29, 1.82) is 0 Å². The molecule has 1 aliphatic heterocycles. The summed E-state index contributed by atoms with van der Waals surface area (Å²) in [5, 5.41) is 4.16. The molecule has 1 aliphatic rings. The molecule has 0 N–H and O–H groups in total. The third-order valence-corrected chi connectivity index (χ3v) is 12.7. The number of para-hydroxylation sites is 4. The van der Waals surface area contributed by atoms with Gasteiger partial charge in [-0.25, -0.2) is 0 Å². The molecule has 1 aromatic heterocycles. The van der Waals surface area contributed by atoms with Gasteiger partial charge in [0.1, 0.15) is 0 Å². The molecule has 57 heavy (non-hydrogen) atoms. The van der Waals surface area contributed by atoms with Crippen LogP contribution in [-0.4, -0.2) is 0 Å². The standard InChI is InChI=1S/C52H46ClN3S/c1-35-30-46(50(53)47(31-35)56(39-22-14-9-15-23-39)48-34-57-49-29-26-36(32-41(48)49)51(2,3)4)54(37-18-10-7-11-19-37)40-27-28-43-45(33-40)55(38-20-12-8-13-21-38)44-25-17-16-24-42(44)52(43,5)6/h7-34H,1-6H3. The van der Waals surface area contributed by atoms with E-state index in [2.05, 4.69) is 225 Å². The largest absolute Gasteiger partial charge is 0.310 e. The Labute approximate surface area is 346 Å². The van der Waals surface area contributed by atoms with Crippen molar-refractivity contribution < 1.29 is 0 Å². The fraction of sp³-hybridized carbons (Fsp3) is 0.154. The molecule has 8 aromatic rings. The van der Waals surface area contributed by atoms with E-state index in [0.717, 1.165) is 51.1 Å². The fourth-order valence-electron chi connectivity index (χ4n) is 8.40. The number of hydrogen-bond donors (Lipinski definition) is 0. The number of anilines is 9. The number of fused-ring (bicyclic) bond motifs is 3.